The summed E-state index contributed by atoms with van der Waals surface area (Å²) in [7, 11) is 1.63. The first-order chi connectivity index (χ1) is 14.1. The number of benzene rings is 1. The molecular weight excluding hydrogens is 370 g/mol. The van der Waals surface area contributed by atoms with Crippen molar-refractivity contribution in [2.75, 3.05) is 20.2 Å². The van der Waals surface area contributed by atoms with Crippen LogP contribution in [-0.4, -0.2) is 46.3 Å². The zero-order chi connectivity index (χ0) is 20.2. The van der Waals surface area contributed by atoms with E-state index in [1.165, 1.54) is 0 Å². The van der Waals surface area contributed by atoms with Gasteiger partial charge in [-0.1, -0.05) is 24.2 Å². The molecule has 1 aromatic carbocycles. The van der Waals surface area contributed by atoms with E-state index in [1.54, 1.807) is 24.4 Å². The van der Waals surface area contributed by atoms with E-state index in [-0.39, 0.29) is 17.9 Å². The lowest BCUT2D eigenvalue weighted by Crippen LogP contribution is -2.38. The van der Waals surface area contributed by atoms with Crippen molar-refractivity contribution in [2.24, 2.45) is 5.92 Å². The van der Waals surface area contributed by atoms with Crippen molar-refractivity contribution in [1.29, 1.82) is 0 Å². The number of ether oxygens (including phenoxy) is 1. The second kappa shape index (κ2) is 8.30. The highest BCUT2D eigenvalue weighted by Crippen LogP contribution is 2.32. The molecular formula is C21H23N5O3. The number of carbonyl (C=O) groups excluding carboxylic acids is 1. The van der Waals surface area contributed by atoms with Crippen LogP contribution in [0.25, 0.3) is 11.4 Å². The van der Waals surface area contributed by atoms with Crippen molar-refractivity contribution >= 4 is 6.03 Å². The number of likely N-dealkylation sites (tertiary alicyclic amines) is 1. The summed E-state index contributed by atoms with van der Waals surface area (Å²) >= 11 is 0. The minimum Gasteiger partial charge on any atom is -0.497 e. The first-order valence-corrected chi connectivity index (χ1v) is 9.53. The number of methoxy groups -OCH3 is 1. The van der Waals surface area contributed by atoms with Gasteiger partial charge in [0, 0.05) is 37.6 Å². The van der Waals surface area contributed by atoms with E-state index in [0.717, 1.165) is 16.9 Å². The van der Waals surface area contributed by atoms with Gasteiger partial charge < -0.3 is 19.5 Å². The standard InChI is InChI=1S/C21H23N5O3/c1-14-12-26(21(27)23-10-15-5-7-17(28-2)8-6-15)13-18(14)20-24-19(25-29-20)16-4-3-9-22-11-16/h3-9,11,14,18H,10,12-13H2,1-2H3,(H,23,27)/t14-,18-/m0/s1. The highest BCUT2D eigenvalue weighted by atomic mass is 16.5. The van der Waals surface area contributed by atoms with Gasteiger partial charge in [0.05, 0.1) is 13.0 Å². The second-order valence-electron chi connectivity index (χ2n) is 7.19. The Morgan fingerprint density at radius 1 is 1.28 bits per heavy atom. The quantitative estimate of drug-likeness (QED) is 0.716. The summed E-state index contributed by atoms with van der Waals surface area (Å²) in [5.74, 6) is 2.11. The molecule has 1 aliphatic heterocycles. The van der Waals surface area contributed by atoms with Crippen LogP contribution in [0.15, 0.2) is 53.3 Å². The molecule has 0 saturated carbocycles. The van der Waals surface area contributed by atoms with Gasteiger partial charge in [-0.25, -0.2) is 4.79 Å². The molecule has 0 spiro atoms. The van der Waals surface area contributed by atoms with Crippen LogP contribution in [0.2, 0.25) is 0 Å². The number of pyridine rings is 1. The van der Waals surface area contributed by atoms with Gasteiger partial charge in [0.25, 0.3) is 0 Å². The zero-order valence-corrected chi connectivity index (χ0v) is 16.4. The molecule has 1 aliphatic rings. The second-order valence-corrected chi connectivity index (χ2v) is 7.19. The van der Waals surface area contributed by atoms with Gasteiger partial charge in [-0.15, -0.1) is 0 Å². The Bertz CT molecular complexity index is 958. The van der Waals surface area contributed by atoms with E-state index in [2.05, 4.69) is 27.4 Å². The van der Waals surface area contributed by atoms with Crippen molar-refractivity contribution in [3.63, 3.8) is 0 Å². The monoisotopic (exact) mass is 393 g/mol. The van der Waals surface area contributed by atoms with Crippen LogP contribution < -0.4 is 10.1 Å². The van der Waals surface area contributed by atoms with E-state index in [4.69, 9.17) is 9.26 Å². The van der Waals surface area contributed by atoms with Crippen molar-refractivity contribution in [3.05, 3.63) is 60.2 Å². The molecule has 0 radical (unpaired) electrons. The van der Waals surface area contributed by atoms with E-state index >= 15 is 0 Å². The number of hydrogen-bond acceptors (Lipinski definition) is 6. The summed E-state index contributed by atoms with van der Waals surface area (Å²) in [5.41, 5.74) is 1.82. The summed E-state index contributed by atoms with van der Waals surface area (Å²) in [4.78, 5) is 23.0. The van der Waals surface area contributed by atoms with Gasteiger partial charge in [-0.05, 0) is 35.7 Å². The lowest BCUT2D eigenvalue weighted by Gasteiger charge is -2.17. The largest absolute Gasteiger partial charge is 0.497 e. The molecule has 0 bridgehead atoms. The molecule has 0 unspecified atom stereocenters. The molecule has 2 atom stereocenters. The number of amides is 2. The van der Waals surface area contributed by atoms with Gasteiger partial charge in [0.1, 0.15) is 5.75 Å². The average Bonchev–Trinajstić information content (AvgIpc) is 3.40. The normalized spacial score (nSPS) is 18.6. The third-order valence-electron chi connectivity index (χ3n) is 5.18. The molecule has 1 fully saturated rings. The lowest BCUT2D eigenvalue weighted by molar-refractivity contribution is 0.206. The first-order valence-electron chi connectivity index (χ1n) is 9.53. The van der Waals surface area contributed by atoms with E-state index in [9.17, 15) is 4.79 Å². The Morgan fingerprint density at radius 3 is 2.83 bits per heavy atom. The molecule has 0 aliphatic carbocycles. The molecule has 8 heteroatoms. The highest BCUT2D eigenvalue weighted by molar-refractivity contribution is 5.74. The third kappa shape index (κ3) is 4.21. The third-order valence-corrected chi connectivity index (χ3v) is 5.18. The molecule has 3 aromatic rings. The Labute approximate surface area is 168 Å². The van der Waals surface area contributed by atoms with Gasteiger partial charge in [-0.3, -0.25) is 4.98 Å². The van der Waals surface area contributed by atoms with Crippen molar-refractivity contribution < 1.29 is 14.1 Å². The van der Waals surface area contributed by atoms with Crippen molar-refractivity contribution in [2.45, 2.75) is 19.4 Å². The van der Waals surface area contributed by atoms with E-state index in [1.807, 2.05) is 36.4 Å². The maximum absolute atomic E-state index is 12.6. The summed E-state index contributed by atoms with van der Waals surface area (Å²) < 4.78 is 10.6. The SMILES string of the molecule is COc1ccc(CNC(=O)N2C[C@H](c3nc(-c4cccnc4)no3)[C@@H](C)C2)cc1. The van der Waals surface area contributed by atoms with Gasteiger partial charge in [0.15, 0.2) is 0 Å². The number of aromatic nitrogens is 3. The minimum absolute atomic E-state index is 0.0136. The summed E-state index contributed by atoms with van der Waals surface area (Å²) in [6.07, 6.45) is 3.40. The van der Waals surface area contributed by atoms with Gasteiger partial charge in [-0.2, -0.15) is 4.98 Å². The fourth-order valence-electron chi connectivity index (χ4n) is 3.49. The lowest BCUT2D eigenvalue weighted by atomic mass is 9.98. The van der Waals surface area contributed by atoms with Crippen LogP contribution in [0.3, 0.4) is 0 Å². The molecule has 2 aromatic heterocycles. The Hall–Kier alpha value is -3.42. The maximum atomic E-state index is 12.6. The predicted molar refractivity (Wildman–Crippen MR) is 106 cm³/mol. The molecule has 29 heavy (non-hydrogen) atoms. The predicted octanol–water partition coefficient (Wildman–Crippen LogP) is 3.09. The number of nitrogens with zero attached hydrogens (tertiary/aromatic N) is 4. The average molecular weight is 393 g/mol. The molecule has 3 heterocycles. The van der Waals surface area contributed by atoms with Crippen molar-refractivity contribution in [1.82, 2.24) is 25.3 Å². The zero-order valence-electron chi connectivity index (χ0n) is 16.4. The fraction of sp³-hybridized carbons (Fsp3) is 0.333. The number of hydrogen-bond donors (Lipinski definition) is 1. The molecule has 2 amide bonds. The Kier molecular flexibility index (Phi) is 5.41. The van der Waals surface area contributed by atoms with Crippen LogP contribution in [0.4, 0.5) is 4.79 Å². The van der Waals surface area contributed by atoms with Crippen LogP contribution >= 0.6 is 0 Å². The van der Waals surface area contributed by atoms with Crippen LogP contribution in [0, 0.1) is 5.92 Å². The topological polar surface area (TPSA) is 93.4 Å². The van der Waals surface area contributed by atoms with Crippen LogP contribution in [0.5, 0.6) is 5.75 Å². The highest BCUT2D eigenvalue weighted by Gasteiger charge is 2.37. The Balaban J connectivity index is 1.36. The van der Waals surface area contributed by atoms with Gasteiger partial charge in [0.2, 0.25) is 11.7 Å². The number of rotatable bonds is 5. The molecule has 150 valence electrons. The van der Waals surface area contributed by atoms with E-state index < -0.39 is 0 Å². The molecule has 1 N–H and O–H groups in total. The van der Waals surface area contributed by atoms with Crippen LogP contribution in [0.1, 0.15) is 24.3 Å². The molecule has 4 rings (SSSR count). The summed E-state index contributed by atoms with van der Waals surface area (Å²) in [6.45, 7) is 3.74. The number of carbonyl (C=O) groups is 1. The molecule has 8 nitrogen and oxygen atoms in total. The molecule has 1 saturated heterocycles. The van der Waals surface area contributed by atoms with Crippen molar-refractivity contribution in [3.8, 4) is 17.1 Å². The number of urea groups is 1. The summed E-state index contributed by atoms with van der Waals surface area (Å²) in [6, 6.07) is 11.3. The fourth-order valence-corrected chi connectivity index (χ4v) is 3.49. The maximum Gasteiger partial charge on any atom is 0.317 e. The van der Waals surface area contributed by atoms with Gasteiger partial charge >= 0.3 is 6.03 Å². The summed E-state index contributed by atoms with van der Waals surface area (Å²) in [5, 5.41) is 7.04. The van der Waals surface area contributed by atoms with Crippen LogP contribution in [-0.2, 0) is 6.54 Å². The Morgan fingerprint density at radius 2 is 2.10 bits per heavy atom. The smallest absolute Gasteiger partial charge is 0.317 e. The number of nitrogens with one attached hydrogen (secondary N) is 1. The first kappa shape index (κ1) is 18.9. The minimum atomic E-state index is -0.0952. The van der Waals surface area contributed by atoms with E-state index in [0.29, 0.717) is 31.3 Å².